The predicted molar refractivity (Wildman–Crippen MR) is 79.7 cm³/mol. The Balaban J connectivity index is 2.74. The first-order valence-corrected chi connectivity index (χ1v) is 6.54. The molecular formula is C15H11ClN4O. The Morgan fingerprint density at radius 3 is 2.38 bits per heavy atom. The summed E-state index contributed by atoms with van der Waals surface area (Å²) in [6.07, 6.45) is 0. The van der Waals surface area contributed by atoms with Crippen LogP contribution >= 0.6 is 11.6 Å². The van der Waals surface area contributed by atoms with Gasteiger partial charge in [0.25, 0.3) is 0 Å². The Morgan fingerprint density at radius 2 is 1.81 bits per heavy atom. The van der Waals surface area contributed by atoms with Crippen molar-refractivity contribution in [2.45, 2.75) is 0 Å². The number of aliphatic hydroxyl groups is 1. The smallest absolute Gasteiger partial charge is 0.149 e. The van der Waals surface area contributed by atoms with E-state index in [1.54, 1.807) is 12.1 Å². The Hall–Kier alpha value is -2.60. The molecule has 0 aliphatic rings. The molecule has 0 atom stereocenters. The van der Waals surface area contributed by atoms with Crippen LogP contribution in [0.5, 0.6) is 0 Å². The van der Waals surface area contributed by atoms with Crippen LogP contribution in [0, 0.1) is 22.7 Å². The minimum Gasteiger partial charge on any atom is -0.395 e. The Morgan fingerprint density at radius 1 is 1.14 bits per heavy atom. The van der Waals surface area contributed by atoms with E-state index in [1.165, 1.54) is 0 Å². The number of aliphatic hydroxyl groups excluding tert-OH is 1. The second-order valence-corrected chi connectivity index (χ2v) is 4.47. The molecule has 0 fully saturated rings. The minimum atomic E-state index is -0.106. The van der Waals surface area contributed by atoms with E-state index >= 15 is 0 Å². The van der Waals surface area contributed by atoms with Gasteiger partial charge in [0, 0.05) is 12.1 Å². The summed E-state index contributed by atoms with van der Waals surface area (Å²) in [5, 5.41) is 30.5. The zero-order valence-corrected chi connectivity index (χ0v) is 11.7. The van der Waals surface area contributed by atoms with Gasteiger partial charge in [0.05, 0.1) is 12.2 Å². The minimum absolute atomic E-state index is 0.0239. The number of aromatic nitrogens is 1. The molecule has 0 spiro atoms. The number of anilines is 1. The third-order valence-electron chi connectivity index (χ3n) is 2.84. The normalized spacial score (nSPS) is 9.71. The van der Waals surface area contributed by atoms with E-state index in [0.29, 0.717) is 11.1 Å². The van der Waals surface area contributed by atoms with E-state index in [9.17, 15) is 10.5 Å². The maximum atomic E-state index is 9.43. The largest absolute Gasteiger partial charge is 0.395 e. The van der Waals surface area contributed by atoms with Crippen LogP contribution in [0.25, 0.3) is 11.1 Å². The molecule has 0 bridgehead atoms. The van der Waals surface area contributed by atoms with Crippen molar-refractivity contribution >= 4 is 17.4 Å². The molecule has 1 aromatic heterocycles. The maximum absolute atomic E-state index is 9.43. The lowest BCUT2D eigenvalue weighted by Gasteiger charge is -2.13. The van der Waals surface area contributed by atoms with E-state index in [4.69, 9.17) is 16.7 Å². The van der Waals surface area contributed by atoms with Crippen molar-refractivity contribution < 1.29 is 5.11 Å². The third-order valence-corrected chi connectivity index (χ3v) is 3.12. The topological polar surface area (TPSA) is 92.7 Å². The molecule has 0 unspecified atom stereocenters. The standard InChI is InChI=1S/C15H11ClN4O/c16-14-11(8-17)13(10-4-2-1-3-5-10)12(9-18)15(20-14)19-6-7-21/h1-5,21H,6-7H2,(H,19,20). The molecule has 104 valence electrons. The van der Waals surface area contributed by atoms with Crippen LogP contribution in [0.15, 0.2) is 30.3 Å². The SMILES string of the molecule is N#Cc1c(Cl)nc(NCCO)c(C#N)c1-c1ccccc1. The van der Waals surface area contributed by atoms with Crippen LogP contribution < -0.4 is 5.32 Å². The lowest BCUT2D eigenvalue weighted by molar-refractivity contribution is 0.311. The number of pyridine rings is 1. The van der Waals surface area contributed by atoms with Gasteiger partial charge in [0.2, 0.25) is 0 Å². The van der Waals surface area contributed by atoms with Crippen LogP contribution in [0.2, 0.25) is 5.15 Å². The summed E-state index contributed by atoms with van der Waals surface area (Å²) >= 11 is 6.05. The highest BCUT2D eigenvalue weighted by molar-refractivity contribution is 6.31. The summed E-state index contributed by atoms with van der Waals surface area (Å²) < 4.78 is 0. The van der Waals surface area contributed by atoms with Crippen molar-refractivity contribution in [3.63, 3.8) is 0 Å². The zero-order chi connectivity index (χ0) is 15.2. The molecule has 0 aliphatic carbocycles. The monoisotopic (exact) mass is 298 g/mol. The fourth-order valence-corrected chi connectivity index (χ4v) is 2.18. The summed E-state index contributed by atoms with van der Waals surface area (Å²) in [4.78, 5) is 4.04. The van der Waals surface area contributed by atoms with Gasteiger partial charge in [-0.2, -0.15) is 10.5 Å². The van der Waals surface area contributed by atoms with Gasteiger partial charge in [0.1, 0.15) is 28.7 Å². The molecule has 0 amide bonds. The van der Waals surface area contributed by atoms with Crippen LogP contribution in [0.4, 0.5) is 5.82 Å². The summed E-state index contributed by atoms with van der Waals surface area (Å²) in [6, 6.07) is 13.1. The van der Waals surface area contributed by atoms with E-state index in [0.717, 1.165) is 0 Å². The second kappa shape index (κ2) is 6.71. The molecule has 1 heterocycles. The lowest BCUT2D eigenvalue weighted by Crippen LogP contribution is -2.10. The fraction of sp³-hybridized carbons (Fsp3) is 0.133. The predicted octanol–water partition coefficient (Wildman–Crippen LogP) is 2.55. The number of halogens is 1. The van der Waals surface area contributed by atoms with Crippen molar-refractivity contribution in [3.05, 3.63) is 46.6 Å². The molecule has 1 aromatic carbocycles. The molecule has 2 aromatic rings. The van der Waals surface area contributed by atoms with Gasteiger partial charge in [-0.05, 0) is 5.56 Å². The number of hydrogen-bond acceptors (Lipinski definition) is 5. The third kappa shape index (κ3) is 2.95. The summed E-state index contributed by atoms with van der Waals surface area (Å²) in [5.41, 5.74) is 1.55. The molecule has 0 saturated heterocycles. The van der Waals surface area contributed by atoms with Gasteiger partial charge < -0.3 is 10.4 Å². The summed E-state index contributed by atoms with van der Waals surface area (Å²) in [6.45, 7) is 0.128. The Kier molecular flexibility index (Phi) is 4.73. The molecule has 21 heavy (non-hydrogen) atoms. The van der Waals surface area contributed by atoms with Crippen molar-refractivity contribution in [2.24, 2.45) is 0 Å². The highest BCUT2D eigenvalue weighted by Gasteiger charge is 2.20. The van der Waals surface area contributed by atoms with Gasteiger partial charge in [-0.1, -0.05) is 41.9 Å². The first-order chi connectivity index (χ1) is 10.2. The molecule has 5 nitrogen and oxygen atoms in total. The maximum Gasteiger partial charge on any atom is 0.149 e. The number of hydrogen-bond donors (Lipinski definition) is 2. The number of nitriles is 2. The summed E-state index contributed by atoms with van der Waals surface area (Å²) in [7, 11) is 0. The van der Waals surface area contributed by atoms with Crippen molar-refractivity contribution in [1.29, 1.82) is 10.5 Å². The number of nitrogens with one attached hydrogen (secondary N) is 1. The second-order valence-electron chi connectivity index (χ2n) is 4.12. The molecule has 2 rings (SSSR count). The molecule has 2 N–H and O–H groups in total. The molecule has 0 aliphatic heterocycles. The summed E-state index contributed by atoms with van der Waals surface area (Å²) in [5.74, 6) is 0.259. The number of benzene rings is 1. The van der Waals surface area contributed by atoms with Gasteiger partial charge in [0.15, 0.2) is 0 Å². The molecule has 0 radical (unpaired) electrons. The van der Waals surface area contributed by atoms with Crippen molar-refractivity contribution in [1.82, 2.24) is 4.98 Å². The quantitative estimate of drug-likeness (QED) is 0.846. The van der Waals surface area contributed by atoms with Gasteiger partial charge >= 0.3 is 0 Å². The van der Waals surface area contributed by atoms with Gasteiger partial charge in [-0.15, -0.1) is 0 Å². The first kappa shape index (κ1) is 14.8. The average Bonchev–Trinajstić information content (AvgIpc) is 2.52. The first-order valence-electron chi connectivity index (χ1n) is 6.16. The van der Waals surface area contributed by atoms with Gasteiger partial charge in [-0.25, -0.2) is 4.98 Å². The Bertz CT molecular complexity index is 732. The van der Waals surface area contributed by atoms with Crippen molar-refractivity contribution in [2.75, 3.05) is 18.5 Å². The highest BCUT2D eigenvalue weighted by atomic mass is 35.5. The van der Waals surface area contributed by atoms with Crippen molar-refractivity contribution in [3.8, 4) is 23.3 Å². The molecule has 6 heteroatoms. The average molecular weight is 299 g/mol. The fourth-order valence-electron chi connectivity index (χ4n) is 1.96. The van der Waals surface area contributed by atoms with Crippen LogP contribution in [0.1, 0.15) is 11.1 Å². The molecule has 0 saturated carbocycles. The van der Waals surface area contributed by atoms with Gasteiger partial charge in [-0.3, -0.25) is 0 Å². The lowest BCUT2D eigenvalue weighted by atomic mass is 9.97. The zero-order valence-electron chi connectivity index (χ0n) is 11.0. The van der Waals surface area contributed by atoms with Crippen LogP contribution in [-0.2, 0) is 0 Å². The van der Waals surface area contributed by atoms with E-state index in [-0.39, 0.29) is 35.2 Å². The highest BCUT2D eigenvalue weighted by Crippen LogP contribution is 2.34. The van der Waals surface area contributed by atoms with E-state index in [1.807, 2.05) is 24.3 Å². The van der Waals surface area contributed by atoms with Crippen LogP contribution in [0.3, 0.4) is 0 Å². The van der Waals surface area contributed by atoms with E-state index in [2.05, 4.69) is 16.4 Å². The Labute approximate surface area is 127 Å². The number of rotatable bonds is 4. The number of nitrogens with zero attached hydrogens (tertiary/aromatic N) is 3. The van der Waals surface area contributed by atoms with Crippen LogP contribution in [-0.4, -0.2) is 23.2 Å². The van der Waals surface area contributed by atoms with E-state index < -0.39 is 0 Å². The molecular weight excluding hydrogens is 288 g/mol.